The molecule has 52 heavy (non-hydrogen) atoms. The molecule has 0 radical (unpaired) electrons. The normalized spacial score (nSPS) is 36.1. The molecule has 1 heterocycles. The Hall–Kier alpha value is -3.90. The number of Topliss-reactive ketones (excluding diaryl/α,β-unsaturated/α-hetero) is 1. The first kappa shape index (κ1) is 37.8. The predicted molar refractivity (Wildman–Crippen MR) is 189 cm³/mol. The van der Waals surface area contributed by atoms with Gasteiger partial charge in [-0.2, -0.15) is 0 Å². The van der Waals surface area contributed by atoms with E-state index in [4.69, 9.17) is 14.2 Å². The monoisotopic (exact) mass is 717 g/mol. The standard InChI is InChI=1S/C41H51NO10/c1-22-28(18-29(45)33(26-14-10-8-11-15-26)42-37(48)27-16-12-9-13-17-27)20-41(49)23(2)35-39(7,30(46)19-31-40(35,21-50-31)52-25(4)44)36(47)34(51-24(3)43)32(22)38(41,5)6/h8-17,23,28-31,33-35,45-46,49H,18-21H2,1-7H3,(H,42,48). The Labute approximate surface area is 304 Å². The molecule has 11 unspecified atom stereocenters. The van der Waals surface area contributed by atoms with Crippen LogP contribution in [0.25, 0.3) is 0 Å². The molecule has 2 bridgehead atoms. The van der Waals surface area contributed by atoms with Crippen molar-refractivity contribution in [1.82, 2.24) is 5.32 Å². The van der Waals surface area contributed by atoms with Crippen molar-refractivity contribution in [3.05, 3.63) is 82.9 Å². The number of ketones is 1. The number of aliphatic hydroxyl groups is 3. The SMILES string of the molecule is CC(=O)OC1C(=O)C2(C)C(O)CC3OCC3(OC(C)=O)C2C(C)C2(O)CC(CC(O)C(NC(=O)c3ccccc3)c3ccccc3)C(C)=C1C2(C)C. The molecular formula is C41H51NO10. The first-order valence-electron chi connectivity index (χ1n) is 18.1. The number of carbonyl (C=O) groups excluding carboxylic acids is 4. The van der Waals surface area contributed by atoms with Crippen LogP contribution in [-0.4, -0.2) is 81.2 Å². The van der Waals surface area contributed by atoms with Crippen LogP contribution in [0.2, 0.25) is 0 Å². The van der Waals surface area contributed by atoms with Gasteiger partial charge in [-0.05, 0) is 61.8 Å². The van der Waals surface area contributed by atoms with Crippen LogP contribution < -0.4 is 5.32 Å². The van der Waals surface area contributed by atoms with Crippen LogP contribution in [0.5, 0.6) is 0 Å². The van der Waals surface area contributed by atoms with Gasteiger partial charge in [0.1, 0.15) is 6.10 Å². The summed E-state index contributed by atoms with van der Waals surface area (Å²) >= 11 is 0. The summed E-state index contributed by atoms with van der Waals surface area (Å²) in [6, 6.07) is 17.0. The molecule has 4 aliphatic rings. The fourth-order valence-electron chi connectivity index (χ4n) is 10.3. The number of hydrogen-bond acceptors (Lipinski definition) is 10. The summed E-state index contributed by atoms with van der Waals surface area (Å²) in [7, 11) is 0. The summed E-state index contributed by atoms with van der Waals surface area (Å²) in [6.07, 6.45) is -4.41. The van der Waals surface area contributed by atoms with Gasteiger partial charge in [-0.1, -0.05) is 74.9 Å². The molecule has 11 heteroatoms. The largest absolute Gasteiger partial charge is 0.454 e. The number of hydrogen-bond donors (Lipinski definition) is 4. The molecule has 2 saturated carbocycles. The minimum atomic E-state index is -1.64. The first-order valence-corrected chi connectivity index (χ1v) is 18.1. The summed E-state index contributed by atoms with van der Waals surface area (Å²) < 4.78 is 17.9. The third kappa shape index (κ3) is 5.80. The third-order valence-electron chi connectivity index (χ3n) is 13.0. The van der Waals surface area contributed by atoms with Crippen molar-refractivity contribution in [3.63, 3.8) is 0 Å². The van der Waals surface area contributed by atoms with Crippen molar-refractivity contribution in [2.24, 2.45) is 28.6 Å². The van der Waals surface area contributed by atoms with Gasteiger partial charge in [-0.15, -0.1) is 0 Å². The van der Waals surface area contributed by atoms with E-state index in [1.165, 1.54) is 13.8 Å². The molecule has 1 saturated heterocycles. The van der Waals surface area contributed by atoms with Crippen LogP contribution in [0.4, 0.5) is 0 Å². The average Bonchev–Trinajstić information content (AvgIpc) is 3.09. The fraction of sp³-hybridized carbons (Fsp3) is 0.561. The summed E-state index contributed by atoms with van der Waals surface area (Å²) in [4.78, 5) is 54.0. The van der Waals surface area contributed by atoms with Crippen LogP contribution >= 0.6 is 0 Å². The smallest absolute Gasteiger partial charge is 0.303 e. The van der Waals surface area contributed by atoms with Gasteiger partial charge in [0.05, 0.1) is 35.9 Å². The topological polar surface area (TPSA) is 169 Å². The second-order valence-corrected chi connectivity index (χ2v) is 16.1. The molecule has 280 valence electrons. The molecule has 0 spiro atoms. The second kappa shape index (κ2) is 13.5. The first-order chi connectivity index (χ1) is 24.4. The highest BCUT2D eigenvalue weighted by Crippen LogP contribution is 2.66. The minimum absolute atomic E-state index is 0.00970. The maximum absolute atomic E-state index is 15.1. The lowest BCUT2D eigenvalue weighted by Gasteiger charge is -2.68. The zero-order chi connectivity index (χ0) is 38.0. The van der Waals surface area contributed by atoms with E-state index in [9.17, 15) is 29.7 Å². The highest BCUT2D eigenvalue weighted by atomic mass is 16.6. The second-order valence-electron chi connectivity index (χ2n) is 16.1. The predicted octanol–water partition coefficient (Wildman–Crippen LogP) is 4.24. The highest BCUT2D eigenvalue weighted by molar-refractivity contribution is 5.95. The van der Waals surface area contributed by atoms with Gasteiger partial charge in [0.15, 0.2) is 17.5 Å². The van der Waals surface area contributed by atoms with Gasteiger partial charge in [0.25, 0.3) is 5.91 Å². The van der Waals surface area contributed by atoms with Gasteiger partial charge < -0.3 is 34.8 Å². The van der Waals surface area contributed by atoms with Gasteiger partial charge in [-0.3, -0.25) is 19.2 Å². The molecule has 1 aliphatic heterocycles. The molecule has 3 fully saturated rings. The van der Waals surface area contributed by atoms with E-state index in [0.29, 0.717) is 22.3 Å². The molecule has 4 N–H and O–H groups in total. The van der Waals surface area contributed by atoms with Crippen molar-refractivity contribution in [2.75, 3.05) is 6.61 Å². The zero-order valence-corrected chi connectivity index (χ0v) is 30.9. The molecule has 3 aliphatic carbocycles. The number of benzene rings is 2. The minimum Gasteiger partial charge on any atom is -0.454 e. The molecule has 11 nitrogen and oxygen atoms in total. The van der Waals surface area contributed by atoms with Crippen LogP contribution in [0.15, 0.2) is 71.8 Å². The van der Waals surface area contributed by atoms with Crippen molar-refractivity contribution in [2.45, 2.75) is 109 Å². The number of esters is 2. The van der Waals surface area contributed by atoms with E-state index in [1.807, 2.05) is 64.1 Å². The molecule has 6 rings (SSSR count). The van der Waals surface area contributed by atoms with Crippen molar-refractivity contribution >= 4 is 23.6 Å². The lowest BCUT2D eigenvalue weighted by molar-refractivity contribution is -0.338. The number of amides is 1. The average molecular weight is 718 g/mol. The molecule has 2 aromatic carbocycles. The van der Waals surface area contributed by atoms with Crippen molar-refractivity contribution < 1.29 is 48.7 Å². The van der Waals surface area contributed by atoms with Crippen LogP contribution in [0.3, 0.4) is 0 Å². The Morgan fingerprint density at radius 1 is 1.00 bits per heavy atom. The van der Waals surface area contributed by atoms with E-state index >= 15 is 4.79 Å². The van der Waals surface area contributed by atoms with Crippen LogP contribution in [-0.2, 0) is 28.6 Å². The van der Waals surface area contributed by atoms with E-state index in [2.05, 4.69) is 5.32 Å². The maximum Gasteiger partial charge on any atom is 0.303 e. The number of allylic oxidation sites excluding steroid dienone is 1. The summed E-state index contributed by atoms with van der Waals surface area (Å²) in [5.41, 5.74) is -3.56. The Bertz CT molecular complexity index is 1760. The van der Waals surface area contributed by atoms with Gasteiger partial charge in [0.2, 0.25) is 0 Å². The lowest BCUT2D eigenvalue weighted by atomic mass is 9.42. The Morgan fingerprint density at radius 2 is 1.62 bits per heavy atom. The zero-order valence-electron chi connectivity index (χ0n) is 30.9. The molecule has 1 amide bonds. The number of rotatable bonds is 8. The Morgan fingerprint density at radius 3 is 2.17 bits per heavy atom. The van der Waals surface area contributed by atoms with E-state index in [-0.39, 0.29) is 31.8 Å². The van der Waals surface area contributed by atoms with E-state index < -0.39 is 88.0 Å². The number of nitrogens with one attached hydrogen (secondary N) is 1. The number of carbonyl (C=O) groups is 4. The number of aliphatic hydroxyl groups excluding tert-OH is 2. The maximum atomic E-state index is 15.1. The molecule has 11 atom stereocenters. The molecular weight excluding hydrogens is 666 g/mol. The molecule has 0 aromatic heterocycles. The quantitative estimate of drug-likeness (QED) is 0.229. The molecule has 2 aromatic rings. The summed E-state index contributed by atoms with van der Waals surface area (Å²) in [5, 5.41) is 40.2. The Balaban J connectivity index is 1.48. The van der Waals surface area contributed by atoms with Gasteiger partial charge in [0, 0.05) is 37.2 Å². The van der Waals surface area contributed by atoms with E-state index in [0.717, 1.165) is 0 Å². The highest BCUT2D eigenvalue weighted by Gasteiger charge is 2.76. The number of ether oxygens (including phenoxy) is 3. The van der Waals surface area contributed by atoms with Crippen molar-refractivity contribution in [1.29, 1.82) is 0 Å². The van der Waals surface area contributed by atoms with Crippen molar-refractivity contribution in [3.8, 4) is 0 Å². The number of fused-ring (bicyclic) bond motifs is 5. The Kier molecular flexibility index (Phi) is 9.83. The third-order valence-corrected chi connectivity index (χ3v) is 13.0. The summed E-state index contributed by atoms with van der Waals surface area (Å²) in [6.45, 7) is 11.4. The van der Waals surface area contributed by atoms with Crippen LogP contribution in [0, 0.1) is 28.6 Å². The summed E-state index contributed by atoms with van der Waals surface area (Å²) in [5.74, 6) is -4.47. The fourth-order valence-corrected chi connectivity index (χ4v) is 10.3. The van der Waals surface area contributed by atoms with Gasteiger partial charge in [-0.25, -0.2) is 0 Å². The van der Waals surface area contributed by atoms with E-state index in [1.54, 1.807) is 31.2 Å². The lowest BCUT2D eigenvalue weighted by Crippen LogP contribution is -2.79. The van der Waals surface area contributed by atoms with Gasteiger partial charge >= 0.3 is 11.9 Å². The van der Waals surface area contributed by atoms with Crippen LogP contribution in [0.1, 0.15) is 89.7 Å².